The molecule has 0 aliphatic heterocycles. The number of carbonyl (C=O) groups is 3. The molecular formula is C13H12O5. The van der Waals surface area contributed by atoms with Crippen molar-refractivity contribution in [2.24, 2.45) is 0 Å². The van der Waals surface area contributed by atoms with Gasteiger partial charge in [0.2, 0.25) is 0 Å². The molecule has 5 heteroatoms. The normalized spacial score (nSPS) is 9.44. The van der Waals surface area contributed by atoms with Crippen LogP contribution in [0.15, 0.2) is 30.9 Å². The molecule has 94 valence electrons. The molecule has 1 rings (SSSR count). The number of ether oxygens (including phenoxy) is 2. The van der Waals surface area contributed by atoms with Crippen LogP contribution in [0.3, 0.4) is 0 Å². The van der Waals surface area contributed by atoms with Crippen LogP contribution < -0.4 is 9.47 Å². The summed E-state index contributed by atoms with van der Waals surface area (Å²) in [5.74, 6) is -1.19. The largest absolute Gasteiger partial charge is 0.427 e. The van der Waals surface area contributed by atoms with Crippen LogP contribution in [-0.2, 0) is 9.59 Å². The average molecular weight is 248 g/mol. The highest BCUT2D eigenvalue weighted by Gasteiger charge is 2.13. The molecule has 5 nitrogen and oxygen atoms in total. The fourth-order valence-electron chi connectivity index (χ4n) is 1.28. The van der Waals surface area contributed by atoms with Crippen molar-refractivity contribution in [2.75, 3.05) is 0 Å². The van der Waals surface area contributed by atoms with Crippen molar-refractivity contribution in [1.29, 1.82) is 0 Å². The Bertz CT molecular complexity index is 516. The molecule has 0 fully saturated rings. The third-order valence-corrected chi connectivity index (χ3v) is 1.92. The van der Waals surface area contributed by atoms with Gasteiger partial charge >= 0.3 is 11.9 Å². The van der Waals surface area contributed by atoms with Crippen molar-refractivity contribution in [3.8, 4) is 11.5 Å². The van der Waals surface area contributed by atoms with E-state index in [0.29, 0.717) is 0 Å². The van der Waals surface area contributed by atoms with E-state index in [1.54, 1.807) is 0 Å². The number of benzene rings is 1. The van der Waals surface area contributed by atoms with Gasteiger partial charge in [0.15, 0.2) is 5.78 Å². The smallest absolute Gasteiger partial charge is 0.308 e. The summed E-state index contributed by atoms with van der Waals surface area (Å²) in [6.45, 7) is 5.82. The van der Waals surface area contributed by atoms with Crippen LogP contribution in [0, 0.1) is 0 Å². The molecule has 0 aliphatic carbocycles. The van der Waals surface area contributed by atoms with Gasteiger partial charge in [0.1, 0.15) is 11.5 Å². The van der Waals surface area contributed by atoms with E-state index in [1.165, 1.54) is 32.0 Å². The lowest BCUT2D eigenvalue weighted by Crippen LogP contribution is -2.08. The number of ketones is 1. The molecule has 0 heterocycles. The Balaban J connectivity index is 3.19. The van der Waals surface area contributed by atoms with Gasteiger partial charge in [-0.2, -0.15) is 0 Å². The van der Waals surface area contributed by atoms with E-state index in [2.05, 4.69) is 6.58 Å². The highest BCUT2D eigenvalue weighted by Crippen LogP contribution is 2.25. The lowest BCUT2D eigenvalue weighted by molar-refractivity contribution is -0.133. The second-order valence-corrected chi connectivity index (χ2v) is 3.41. The minimum absolute atomic E-state index is 0.100. The first kappa shape index (κ1) is 13.6. The molecule has 0 saturated carbocycles. The molecule has 1 aromatic rings. The first-order valence-corrected chi connectivity index (χ1v) is 5.11. The molecule has 0 saturated heterocycles. The maximum atomic E-state index is 11.6. The maximum absolute atomic E-state index is 11.6. The summed E-state index contributed by atoms with van der Waals surface area (Å²) in [6, 6.07) is 4.14. The fourth-order valence-corrected chi connectivity index (χ4v) is 1.28. The summed E-state index contributed by atoms with van der Waals surface area (Å²) >= 11 is 0. The Morgan fingerprint density at radius 3 is 2.22 bits per heavy atom. The topological polar surface area (TPSA) is 69.7 Å². The second-order valence-electron chi connectivity index (χ2n) is 3.41. The molecule has 0 aromatic heterocycles. The van der Waals surface area contributed by atoms with E-state index in [-0.39, 0.29) is 17.1 Å². The molecule has 18 heavy (non-hydrogen) atoms. The third kappa shape index (κ3) is 3.55. The zero-order valence-electron chi connectivity index (χ0n) is 10.1. The number of rotatable bonds is 4. The van der Waals surface area contributed by atoms with E-state index in [1.807, 2.05) is 0 Å². The van der Waals surface area contributed by atoms with E-state index < -0.39 is 17.7 Å². The van der Waals surface area contributed by atoms with Gasteiger partial charge in [0.05, 0.1) is 5.56 Å². The summed E-state index contributed by atoms with van der Waals surface area (Å²) < 4.78 is 9.72. The number of allylic oxidation sites excluding steroid dienone is 1. The monoisotopic (exact) mass is 248 g/mol. The van der Waals surface area contributed by atoms with E-state index in [4.69, 9.17) is 9.47 Å². The quantitative estimate of drug-likeness (QED) is 0.352. The van der Waals surface area contributed by atoms with Crippen LogP contribution in [0.1, 0.15) is 24.2 Å². The SMILES string of the molecule is C=CC(=O)c1cc(OC(C)=O)ccc1OC(C)=O. The highest BCUT2D eigenvalue weighted by atomic mass is 16.5. The van der Waals surface area contributed by atoms with Gasteiger partial charge in [0, 0.05) is 13.8 Å². The Labute approximate surface area is 104 Å². The van der Waals surface area contributed by atoms with Gasteiger partial charge < -0.3 is 9.47 Å². The van der Waals surface area contributed by atoms with Crippen LogP contribution in [0.4, 0.5) is 0 Å². The van der Waals surface area contributed by atoms with Crippen molar-refractivity contribution in [3.05, 3.63) is 36.4 Å². The van der Waals surface area contributed by atoms with Crippen molar-refractivity contribution < 1.29 is 23.9 Å². The Hall–Kier alpha value is -2.43. The van der Waals surface area contributed by atoms with Crippen LogP contribution in [0.5, 0.6) is 11.5 Å². The highest BCUT2D eigenvalue weighted by molar-refractivity contribution is 6.06. The molecule has 0 amide bonds. The summed E-state index contributed by atoms with van der Waals surface area (Å²) in [4.78, 5) is 33.3. The molecule has 0 N–H and O–H groups in total. The molecular weight excluding hydrogens is 236 g/mol. The number of hydrogen-bond acceptors (Lipinski definition) is 5. The third-order valence-electron chi connectivity index (χ3n) is 1.92. The van der Waals surface area contributed by atoms with Crippen molar-refractivity contribution in [2.45, 2.75) is 13.8 Å². The molecule has 0 spiro atoms. The van der Waals surface area contributed by atoms with E-state index in [9.17, 15) is 14.4 Å². The predicted molar refractivity (Wildman–Crippen MR) is 63.6 cm³/mol. The Morgan fingerprint density at radius 2 is 1.72 bits per heavy atom. The van der Waals surface area contributed by atoms with E-state index >= 15 is 0 Å². The van der Waals surface area contributed by atoms with Gasteiger partial charge in [0.25, 0.3) is 0 Å². The molecule has 0 atom stereocenters. The minimum Gasteiger partial charge on any atom is -0.427 e. The van der Waals surface area contributed by atoms with E-state index in [0.717, 1.165) is 6.08 Å². The Kier molecular flexibility index (Phi) is 4.37. The first-order valence-electron chi connectivity index (χ1n) is 5.11. The van der Waals surface area contributed by atoms with Gasteiger partial charge in [-0.1, -0.05) is 6.58 Å². The lowest BCUT2D eigenvalue weighted by Gasteiger charge is -2.08. The zero-order valence-corrected chi connectivity index (χ0v) is 10.1. The minimum atomic E-state index is -0.548. The first-order chi connectivity index (χ1) is 8.43. The van der Waals surface area contributed by atoms with Crippen molar-refractivity contribution in [1.82, 2.24) is 0 Å². The molecule has 0 aliphatic rings. The van der Waals surface area contributed by atoms with Gasteiger partial charge in [-0.25, -0.2) is 0 Å². The van der Waals surface area contributed by atoms with Crippen molar-refractivity contribution in [3.63, 3.8) is 0 Å². The number of esters is 2. The fraction of sp³-hybridized carbons (Fsp3) is 0.154. The Morgan fingerprint density at radius 1 is 1.11 bits per heavy atom. The predicted octanol–water partition coefficient (Wildman–Crippen LogP) is 1.91. The summed E-state index contributed by atoms with van der Waals surface area (Å²) in [7, 11) is 0. The number of hydrogen-bond donors (Lipinski definition) is 0. The molecule has 1 aromatic carbocycles. The summed E-state index contributed by atoms with van der Waals surface area (Å²) in [5, 5.41) is 0. The lowest BCUT2D eigenvalue weighted by atomic mass is 10.1. The van der Waals surface area contributed by atoms with Gasteiger partial charge in [-0.15, -0.1) is 0 Å². The average Bonchev–Trinajstić information content (AvgIpc) is 2.28. The van der Waals surface area contributed by atoms with Gasteiger partial charge in [-0.05, 0) is 24.3 Å². The maximum Gasteiger partial charge on any atom is 0.308 e. The zero-order chi connectivity index (χ0) is 13.7. The van der Waals surface area contributed by atoms with Crippen LogP contribution in [0.25, 0.3) is 0 Å². The van der Waals surface area contributed by atoms with Crippen LogP contribution in [-0.4, -0.2) is 17.7 Å². The summed E-state index contributed by atoms with van der Waals surface area (Å²) in [6.07, 6.45) is 1.08. The van der Waals surface area contributed by atoms with Gasteiger partial charge in [-0.3, -0.25) is 14.4 Å². The van der Waals surface area contributed by atoms with Crippen LogP contribution >= 0.6 is 0 Å². The molecule has 0 unspecified atom stereocenters. The number of carbonyl (C=O) groups excluding carboxylic acids is 3. The molecule has 0 radical (unpaired) electrons. The summed E-state index contributed by atoms with van der Waals surface area (Å²) in [5.41, 5.74) is 0.110. The standard InChI is InChI=1S/C13H12O5/c1-4-12(16)11-7-10(17-8(2)14)5-6-13(11)18-9(3)15/h4-7H,1H2,2-3H3. The second kappa shape index (κ2) is 5.77. The van der Waals surface area contributed by atoms with Crippen LogP contribution in [0.2, 0.25) is 0 Å². The molecule has 0 bridgehead atoms. The van der Waals surface area contributed by atoms with Crippen molar-refractivity contribution >= 4 is 17.7 Å².